The molecule has 2 unspecified atom stereocenters. The number of benzene rings is 2. The van der Waals surface area contributed by atoms with Gasteiger partial charge in [0.15, 0.2) is 5.78 Å². The fourth-order valence-corrected chi connectivity index (χ4v) is 4.71. The molecule has 2 aromatic carbocycles. The molecule has 1 fully saturated rings. The summed E-state index contributed by atoms with van der Waals surface area (Å²) in [6.45, 7) is 5.61. The van der Waals surface area contributed by atoms with E-state index in [-0.39, 0.29) is 41.9 Å². The predicted molar refractivity (Wildman–Crippen MR) is 143 cm³/mol. The molecule has 3 N–H and O–H groups in total. The summed E-state index contributed by atoms with van der Waals surface area (Å²) in [6, 6.07) is 17.4. The fourth-order valence-electron chi connectivity index (χ4n) is 4.71. The lowest BCUT2D eigenvalue weighted by molar-refractivity contribution is -0.140. The molecule has 3 atom stereocenters. The van der Waals surface area contributed by atoms with E-state index < -0.39 is 18.1 Å². The van der Waals surface area contributed by atoms with E-state index in [1.54, 1.807) is 14.0 Å². The van der Waals surface area contributed by atoms with Crippen LogP contribution >= 0.6 is 0 Å². The minimum absolute atomic E-state index is 0.0738. The number of amides is 3. The SMILES string of the molecule is CNC(C)C(=O)NCC(=O)N1CCC[C@H]1C(=O)NC(C(=O)C(C)C)C(c1ccccc1)c1ccccc1. The third kappa shape index (κ3) is 7.04. The highest BCUT2D eigenvalue weighted by molar-refractivity contribution is 5.95. The van der Waals surface area contributed by atoms with E-state index in [1.807, 2.05) is 74.5 Å². The number of likely N-dealkylation sites (N-methyl/N-ethyl adjacent to an activating group) is 1. The van der Waals surface area contributed by atoms with Crippen LogP contribution in [-0.4, -0.2) is 66.7 Å². The van der Waals surface area contributed by atoms with Crippen molar-refractivity contribution in [1.29, 1.82) is 0 Å². The van der Waals surface area contributed by atoms with Crippen molar-refractivity contribution in [1.82, 2.24) is 20.9 Å². The van der Waals surface area contributed by atoms with Crippen molar-refractivity contribution in [3.05, 3.63) is 71.8 Å². The van der Waals surface area contributed by atoms with Gasteiger partial charge in [-0.05, 0) is 37.9 Å². The van der Waals surface area contributed by atoms with Gasteiger partial charge in [0.05, 0.1) is 18.6 Å². The van der Waals surface area contributed by atoms with Crippen LogP contribution < -0.4 is 16.0 Å². The average Bonchev–Trinajstić information content (AvgIpc) is 3.42. The zero-order valence-corrected chi connectivity index (χ0v) is 22.1. The lowest BCUT2D eigenvalue weighted by Gasteiger charge is -2.32. The maximum Gasteiger partial charge on any atom is 0.243 e. The molecule has 3 amide bonds. The van der Waals surface area contributed by atoms with Crippen LogP contribution in [0.15, 0.2) is 60.7 Å². The number of likely N-dealkylation sites (tertiary alicyclic amines) is 1. The summed E-state index contributed by atoms with van der Waals surface area (Å²) in [5.74, 6) is -1.71. The minimum Gasteiger partial charge on any atom is -0.346 e. The van der Waals surface area contributed by atoms with Crippen molar-refractivity contribution in [3.8, 4) is 0 Å². The molecule has 2 aromatic rings. The summed E-state index contributed by atoms with van der Waals surface area (Å²) in [6.07, 6.45) is 1.18. The normalized spacial score (nSPS) is 16.9. The summed E-state index contributed by atoms with van der Waals surface area (Å²) in [5, 5.41) is 8.49. The maximum atomic E-state index is 13.6. The quantitative estimate of drug-likeness (QED) is 0.433. The number of carbonyl (C=O) groups is 4. The molecule has 0 spiro atoms. The Bertz CT molecular complexity index is 1030. The molecule has 0 bridgehead atoms. The van der Waals surface area contributed by atoms with Gasteiger partial charge in [-0.25, -0.2) is 0 Å². The molecule has 3 rings (SSSR count). The first-order chi connectivity index (χ1) is 17.7. The number of hydrogen-bond acceptors (Lipinski definition) is 5. The number of hydrogen-bond donors (Lipinski definition) is 3. The van der Waals surface area contributed by atoms with Crippen LogP contribution in [0.2, 0.25) is 0 Å². The number of carbonyl (C=O) groups excluding carboxylic acids is 4. The van der Waals surface area contributed by atoms with E-state index in [0.717, 1.165) is 11.1 Å². The van der Waals surface area contributed by atoms with Crippen LogP contribution in [0.4, 0.5) is 0 Å². The monoisotopic (exact) mass is 506 g/mol. The van der Waals surface area contributed by atoms with E-state index in [2.05, 4.69) is 16.0 Å². The standard InChI is InChI=1S/C29H38N4O4/c1-19(2)27(35)26(25(21-12-7-5-8-13-21)22-14-9-6-10-15-22)32-29(37)23-16-11-17-33(23)24(34)18-31-28(36)20(3)30-4/h5-10,12-15,19-20,23,25-26,30H,11,16-18H2,1-4H3,(H,31,36)(H,32,37)/t20?,23-,26?/m0/s1. The van der Waals surface area contributed by atoms with Crippen molar-refractivity contribution >= 4 is 23.5 Å². The fraction of sp³-hybridized carbons (Fsp3) is 0.448. The van der Waals surface area contributed by atoms with Crippen LogP contribution in [0.25, 0.3) is 0 Å². The Labute approximate surface area is 219 Å². The Morgan fingerprint density at radius 3 is 2.00 bits per heavy atom. The van der Waals surface area contributed by atoms with Crippen LogP contribution in [0.1, 0.15) is 50.7 Å². The second kappa shape index (κ2) is 13.1. The third-order valence-electron chi connectivity index (χ3n) is 6.94. The van der Waals surface area contributed by atoms with Gasteiger partial charge in [-0.15, -0.1) is 0 Å². The smallest absolute Gasteiger partial charge is 0.243 e. The molecule has 1 aliphatic rings. The molecule has 1 heterocycles. The molecule has 0 radical (unpaired) electrons. The topological polar surface area (TPSA) is 108 Å². The molecule has 37 heavy (non-hydrogen) atoms. The molecule has 0 aliphatic carbocycles. The molecular formula is C29H38N4O4. The summed E-state index contributed by atoms with van der Waals surface area (Å²) >= 11 is 0. The zero-order valence-electron chi connectivity index (χ0n) is 22.1. The maximum absolute atomic E-state index is 13.6. The Morgan fingerprint density at radius 1 is 0.919 bits per heavy atom. The average molecular weight is 507 g/mol. The summed E-state index contributed by atoms with van der Waals surface area (Å²) < 4.78 is 0. The highest BCUT2D eigenvalue weighted by atomic mass is 16.2. The second-order valence-corrected chi connectivity index (χ2v) is 9.82. The second-order valence-electron chi connectivity index (χ2n) is 9.82. The van der Waals surface area contributed by atoms with Crippen LogP contribution in [-0.2, 0) is 19.2 Å². The van der Waals surface area contributed by atoms with E-state index in [9.17, 15) is 19.2 Å². The van der Waals surface area contributed by atoms with Gasteiger partial charge in [0.1, 0.15) is 6.04 Å². The zero-order chi connectivity index (χ0) is 26.9. The van der Waals surface area contributed by atoms with E-state index in [4.69, 9.17) is 0 Å². The lowest BCUT2D eigenvalue weighted by Crippen LogP contribution is -2.55. The molecule has 8 heteroatoms. The van der Waals surface area contributed by atoms with E-state index >= 15 is 0 Å². The molecule has 0 saturated carbocycles. The van der Waals surface area contributed by atoms with Gasteiger partial charge in [-0.1, -0.05) is 74.5 Å². The van der Waals surface area contributed by atoms with Crippen molar-refractivity contribution < 1.29 is 19.2 Å². The predicted octanol–water partition coefficient (Wildman–Crippen LogP) is 2.24. The number of nitrogens with zero attached hydrogens (tertiary/aromatic N) is 1. The molecule has 1 aliphatic heterocycles. The minimum atomic E-state index is -0.800. The highest BCUT2D eigenvalue weighted by Gasteiger charge is 2.39. The largest absolute Gasteiger partial charge is 0.346 e. The van der Waals surface area contributed by atoms with Gasteiger partial charge in [-0.3, -0.25) is 19.2 Å². The van der Waals surface area contributed by atoms with Crippen molar-refractivity contribution in [2.45, 2.75) is 57.7 Å². The Morgan fingerprint density at radius 2 is 1.49 bits per heavy atom. The Balaban J connectivity index is 1.84. The van der Waals surface area contributed by atoms with Crippen molar-refractivity contribution in [2.24, 2.45) is 5.92 Å². The van der Waals surface area contributed by atoms with E-state index in [0.29, 0.717) is 19.4 Å². The first kappa shape index (κ1) is 28.1. The van der Waals surface area contributed by atoms with Gasteiger partial charge < -0.3 is 20.9 Å². The third-order valence-corrected chi connectivity index (χ3v) is 6.94. The first-order valence-corrected chi connectivity index (χ1v) is 12.9. The summed E-state index contributed by atoms with van der Waals surface area (Å²) in [4.78, 5) is 53.6. The highest BCUT2D eigenvalue weighted by Crippen LogP contribution is 2.30. The lowest BCUT2D eigenvalue weighted by atomic mass is 9.80. The van der Waals surface area contributed by atoms with Gasteiger partial charge >= 0.3 is 0 Å². The Hall–Kier alpha value is -3.52. The van der Waals surface area contributed by atoms with E-state index in [1.165, 1.54) is 4.90 Å². The van der Waals surface area contributed by atoms with Gasteiger partial charge in [0.2, 0.25) is 17.7 Å². The Kier molecular flexibility index (Phi) is 9.97. The molecule has 198 valence electrons. The van der Waals surface area contributed by atoms with Gasteiger partial charge in [0.25, 0.3) is 0 Å². The summed E-state index contributed by atoms with van der Waals surface area (Å²) in [7, 11) is 1.67. The molecule has 8 nitrogen and oxygen atoms in total. The van der Waals surface area contributed by atoms with Crippen molar-refractivity contribution in [3.63, 3.8) is 0 Å². The number of Topliss-reactive ketones (excluding diaryl/α,β-unsaturated/α-hetero) is 1. The first-order valence-electron chi connectivity index (χ1n) is 12.9. The van der Waals surface area contributed by atoms with Crippen LogP contribution in [0, 0.1) is 5.92 Å². The summed E-state index contributed by atoms with van der Waals surface area (Å²) in [5.41, 5.74) is 1.85. The number of rotatable bonds is 11. The molecule has 1 saturated heterocycles. The van der Waals surface area contributed by atoms with Gasteiger partial charge in [0, 0.05) is 18.4 Å². The van der Waals surface area contributed by atoms with Crippen LogP contribution in [0.5, 0.6) is 0 Å². The number of nitrogens with one attached hydrogen (secondary N) is 3. The molecular weight excluding hydrogens is 468 g/mol. The van der Waals surface area contributed by atoms with Gasteiger partial charge in [-0.2, -0.15) is 0 Å². The van der Waals surface area contributed by atoms with Crippen LogP contribution in [0.3, 0.4) is 0 Å². The van der Waals surface area contributed by atoms with Crippen molar-refractivity contribution in [2.75, 3.05) is 20.1 Å². The number of ketones is 1. The molecule has 0 aromatic heterocycles.